The molecule has 0 aromatic heterocycles. The summed E-state index contributed by atoms with van der Waals surface area (Å²) in [7, 11) is 3.73. The summed E-state index contributed by atoms with van der Waals surface area (Å²) in [6.07, 6.45) is 0.845. The van der Waals surface area contributed by atoms with Crippen LogP contribution in [0.3, 0.4) is 0 Å². The Labute approximate surface area is 106 Å². The molecule has 0 spiro atoms. The maximum absolute atomic E-state index is 13.8. The molecule has 1 saturated heterocycles. The van der Waals surface area contributed by atoms with Crippen molar-refractivity contribution in [2.45, 2.75) is 19.1 Å². The minimum absolute atomic E-state index is 0.0226. The Kier molecular flexibility index (Phi) is 4.14. The zero-order chi connectivity index (χ0) is 13.1. The van der Waals surface area contributed by atoms with Gasteiger partial charge < -0.3 is 15.0 Å². The van der Waals surface area contributed by atoms with Crippen molar-refractivity contribution in [3.63, 3.8) is 0 Å². The highest BCUT2D eigenvalue weighted by Gasteiger charge is 2.23. The minimum atomic E-state index is -0.630. The highest BCUT2D eigenvalue weighted by Crippen LogP contribution is 2.27. The molecular formula is C13H18F2N2O. The van der Waals surface area contributed by atoms with Crippen LogP contribution in [0.25, 0.3) is 0 Å². The molecule has 0 unspecified atom stereocenters. The molecule has 0 radical (unpaired) electrons. The zero-order valence-electron chi connectivity index (χ0n) is 10.7. The fourth-order valence-corrected chi connectivity index (χ4v) is 2.22. The fraction of sp³-hybridized carbons (Fsp3) is 0.538. The van der Waals surface area contributed by atoms with Crippen LogP contribution >= 0.6 is 0 Å². The van der Waals surface area contributed by atoms with Crippen LogP contribution in [0, 0.1) is 11.6 Å². The molecule has 0 aliphatic carbocycles. The third kappa shape index (κ3) is 2.97. The highest BCUT2D eigenvalue weighted by atomic mass is 19.1. The van der Waals surface area contributed by atoms with Crippen LogP contribution in [-0.4, -0.2) is 38.2 Å². The predicted octanol–water partition coefficient (Wildman–Crippen LogP) is 1.77. The van der Waals surface area contributed by atoms with Gasteiger partial charge in [0.1, 0.15) is 11.9 Å². The normalized spacial score (nSPS) is 20.3. The van der Waals surface area contributed by atoms with Crippen LogP contribution in [0.4, 0.5) is 8.78 Å². The van der Waals surface area contributed by atoms with E-state index in [1.807, 2.05) is 7.05 Å². The van der Waals surface area contributed by atoms with Gasteiger partial charge in [-0.25, -0.2) is 8.78 Å². The van der Waals surface area contributed by atoms with E-state index in [1.54, 1.807) is 7.05 Å². The second-order valence-corrected chi connectivity index (χ2v) is 4.70. The standard InChI is InChI=1S/C13H18F2N2O/c1-16-7-9-5-10(14)6-12(15)13(9)18-11-3-4-17(2)8-11/h5-6,11,16H,3-4,7-8H2,1-2H3/t11-/m1/s1. The fourth-order valence-electron chi connectivity index (χ4n) is 2.22. The number of hydrogen-bond acceptors (Lipinski definition) is 3. The number of hydrogen-bond donors (Lipinski definition) is 1. The first-order chi connectivity index (χ1) is 8.60. The van der Waals surface area contributed by atoms with Crippen LogP contribution in [-0.2, 0) is 6.54 Å². The Morgan fingerprint density at radius 1 is 1.44 bits per heavy atom. The van der Waals surface area contributed by atoms with Gasteiger partial charge >= 0.3 is 0 Å². The van der Waals surface area contributed by atoms with Crippen molar-refractivity contribution in [3.05, 3.63) is 29.3 Å². The van der Waals surface area contributed by atoms with Crippen LogP contribution < -0.4 is 10.1 Å². The summed E-state index contributed by atoms with van der Waals surface area (Å²) in [5, 5.41) is 2.89. The number of halogens is 2. The maximum Gasteiger partial charge on any atom is 0.168 e. The van der Waals surface area contributed by atoms with Crippen LogP contribution in [0.5, 0.6) is 5.75 Å². The number of benzene rings is 1. The quantitative estimate of drug-likeness (QED) is 0.888. The van der Waals surface area contributed by atoms with Crippen molar-refractivity contribution >= 4 is 0 Å². The number of rotatable bonds is 4. The van der Waals surface area contributed by atoms with Crippen molar-refractivity contribution in [2.24, 2.45) is 0 Å². The average Bonchev–Trinajstić information content (AvgIpc) is 2.69. The molecular weight excluding hydrogens is 238 g/mol. The van der Waals surface area contributed by atoms with E-state index in [2.05, 4.69) is 10.2 Å². The summed E-state index contributed by atoms with van der Waals surface area (Å²) >= 11 is 0. The van der Waals surface area contributed by atoms with Gasteiger partial charge in [0.2, 0.25) is 0 Å². The lowest BCUT2D eigenvalue weighted by atomic mass is 10.1. The molecule has 0 saturated carbocycles. The van der Waals surface area contributed by atoms with Crippen molar-refractivity contribution in [1.29, 1.82) is 0 Å². The summed E-state index contributed by atoms with van der Waals surface area (Å²) in [4.78, 5) is 2.13. The highest BCUT2D eigenvalue weighted by molar-refractivity contribution is 5.36. The van der Waals surface area contributed by atoms with E-state index >= 15 is 0 Å². The molecule has 1 aromatic rings. The third-order valence-electron chi connectivity index (χ3n) is 3.09. The molecule has 1 fully saturated rings. The number of nitrogens with zero attached hydrogens (tertiary/aromatic N) is 1. The Morgan fingerprint density at radius 3 is 2.83 bits per heavy atom. The first-order valence-corrected chi connectivity index (χ1v) is 6.08. The van der Waals surface area contributed by atoms with E-state index in [1.165, 1.54) is 6.07 Å². The Morgan fingerprint density at radius 2 is 2.22 bits per heavy atom. The predicted molar refractivity (Wildman–Crippen MR) is 65.7 cm³/mol. The van der Waals surface area contributed by atoms with Gasteiger partial charge in [-0.05, 0) is 26.6 Å². The number of nitrogens with one attached hydrogen (secondary N) is 1. The second-order valence-electron chi connectivity index (χ2n) is 4.70. The van der Waals surface area contributed by atoms with Gasteiger partial charge in [-0.2, -0.15) is 0 Å². The van der Waals surface area contributed by atoms with Gasteiger partial charge in [0.25, 0.3) is 0 Å². The molecule has 1 N–H and O–H groups in total. The minimum Gasteiger partial charge on any atom is -0.486 e. The third-order valence-corrected chi connectivity index (χ3v) is 3.09. The van der Waals surface area contributed by atoms with Gasteiger partial charge in [-0.1, -0.05) is 0 Å². The van der Waals surface area contributed by atoms with E-state index in [-0.39, 0.29) is 11.9 Å². The van der Waals surface area contributed by atoms with Crippen molar-refractivity contribution in [3.8, 4) is 5.75 Å². The molecule has 3 nitrogen and oxygen atoms in total. The first kappa shape index (κ1) is 13.2. The van der Waals surface area contributed by atoms with Crippen LogP contribution in [0.2, 0.25) is 0 Å². The molecule has 1 atom stereocenters. The second kappa shape index (κ2) is 5.63. The molecule has 1 heterocycles. The lowest BCUT2D eigenvalue weighted by Gasteiger charge is -2.17. The number of likely N-dealkylation sites (tertiary alicyclic amines) is 1. The van der Waals surface area contributed by atoms with Crippen molar-refractivity contribution in [2.75, 3.05) is 27.2 Å². The summed E-state index contributed by atoms with van der Waals surface area (Å²) in [6.45, 7) is 2.09. The van der Waals surface area contributed by atoms with Crippen molar-refractivity contribution in [1.82, 2.24) is 10.2 Å². The van der Waals surface area contributed by atoms with Gasteiger partial charge in [0.05, 0.1) is 0 Å². The smallest absolute Gasteiger partial charge is 0.168 e. The topological polar surface area (TPSA) is 24.5 Å². The number of likely N-dealkylation sites (N-methyl/N-ethyl adjacent to an activating group) is 1. The van der Waals surface area contributed by atoms with Gasteiger partial charge in [-0.3, -0.25) is 0 Å². The lowest BCUT2D eigenvalue weighted by molar-refractivity contribution is 0.196. The molecule has 0 amide bonds. The SMILES string of the molecule is CNCc1cc(F)cc(F)c1O[C@@H]1CCN(C)C1. The average molecular weight is 256 g/mol. The Hall–Kier alpha value is -1.20. The van der Waals surface area contributed by atoms with Crippen molar-refractivity contribution < 1.29 is 13.5 Å². The van der Waals surface area contributed by atoms with E-state index in [0.29, 0.717) is 12.1 Å². The van der Waals surface area contributed by atoms with Crippen LogP contribution in [0.15, 0.2) is 12.1 Å². The maximum atomic E-state index is 13.8. The molecule has 100 valence electrons. The van der Waals surface area contributed by atoms with E-state index < -0.39 is 11.6 Å². The molecule has 5 heteroatoms. The monoisotopic (exact) mass is 256 g/mol. The molecule has 0 bridgehead atoms. The van der Waals surface area contributed by atoms with E-state index in [0.717, 1.165) is 25.6 Å². The zero-order valence-corrected chi connectivity index (χ0v) is 10.7. The van der Waals surface area contributed by atoms with E-state index in [4.69, 9.17) is 4.74 Å². The first-order valence-electron chi connectivity index (χ1n) is 6.08. The van der Waals surface area contributed by atoms with Gasteiger partial charge in [0.15, 0.2) is 11.6 Å². The van der Waals surface area contributed by atoms with Gasteiger partial charge in [-0.15, -0.1) is 0 Å². The molecule has 1 aliphatic rings. The summed E-state index contributed by atoms with van der Waals surface area (Å²) in [6, 6.07) is 2.18. The van der Waals surface area contributed by atoms with Crippen LogP contribution in [0.1, 0.15) is 12.0 Å². The van der Waals surface area contributed by atoms with Gasteiger partial charge in [0, 0.05) is 31.3 Å². The summed E-state index contributed by atoms with van der Waals surface area (Å²) in [5.41, 5.74) is 0.518. The summed E-state index contributed by atoms with van der Waals surface area (Å²) in [5.74, 6) is -1.03. The number of ether oxygens (including phenoxy) is 1. The Bertz CT molecular complexity index is 426. The summed E-state index contributed by atoms with van der Waals surface area (Å²) < 4.78 is 32.6. The largest absolute Gasteiger partial charge is 0.486 e. The molecule has 18 heavy (non-hydrogen) atoms. The molecule has 1 aromatic carbocycles. The molecule has 2 rings (SSSR count). The van der Waals surface area contributed by atoms with E-state index in [9.17, 15) is 8.78 Å². The Balaban J connectivity index is 2.19. The molecule has 1 aliphatic heterocycles. The lowest BCUT2D eigenvalue weighted by Crippen LogP contribution is -2.23.